The Morgan fingerprint density at radius 3 is 2.45 bits per heavy atom. The van der Waals surface area contributed by atoms with E-state index in [2.05, 4.69) is 4.72 Å². The number of likely N-dealkylation sites (tertiary alicyclic amines) is 1. The molecule has 0 radical (unpaired) electrons. The fourth-order valence-electron chi connectivity index (χ4n) is 4.85. The monoisotopic (exact) mass is 473 g/mol. The zero-order chi connectivity index (χ0) is 23.8. The smallest absolute Gasteiger partial charge is 0.320 e. The molecule has 0 aromatic heterocycles. The first-order valence-corrected chi connectivity index (χ1v) is 13.2. The van der Waals surface area contributed by atoms with Crippen LogP contribution in [0.15, 0.2) is 48.5 Å². The lowest BCUT2D eigenvalue weighted by atomic mass is 9.91. The van der Waals surface area contributed by atoms with Crippen molar-refractivity contribution in [1.29, 1.82) is 0 Å². The van der Waals surface area contributed by atoms with Crippen LogP contribution in [-0.4, -0.2) is 62.2 Å². The molecule has 6 nitrogen and oxygen atoms in total. The molecule has 4 rings (SSSR count). The number of carbonyl (C=O) groups excluding carboxylic acids is 1. The minimum Gasteiger partial charge on any atom is -0.328 e. The topological polar surface area (TPSA) is 69.7 Å². The summed E-state index contributed by atoms with van der Waals surface area (Å²) in [5, 5.41) is 0. The summed E-state index contributed by atoms with van der Waals surface area (Å²) in [5.41, 5.74) is 1.49. The standard InChI is InChI=1S/C25H32FN3O3S/c1-4-28(3)24(30)29-17-25(14-15-25)23(27-33(31,32)5-2)21(29)16-19-12-9-13-20(22(19)26)18-10-7-6-8-11-18/h6-13,21,23,27H,4-5,14-17H2,1-3H3/t21-,23+/m0/s1. The van der Waals surface area contributed by atoms with Crippen molar-refractivity contribution in [3.05, 3.63) is 59.9 Å². The van der Waals surface area contributed by atoms with Crippen molar-refractivity contribution in [2.45, 2.75) is 45.2 Å². The molecule has 2 aromatic carbocycles. The Bertz CT molecular complexity index is 1120. The van der Waals surface area contributed by atoms with Crippen molar-refractivity contribution in [3.8, 4) is 11.1 Å². The minimum absolute atomic E-state index is 0.0348. The zero-order valence-electron chi connectivity index (χ0n) is 19.4. The van der Waals surface area contributed by atoms with Crippen LogP contribution in [0.1, 0.15) is 32.3 Å². The van der Waals surface area contributed by atoms with E-state index in [-0.39, 0.29) is 29.4 Å². The molecular weight excluding hydrogens is 441 g/mol. The first-order chi connectivity index (χ1) is 15.7. The molecule has 178 valence electrons. The Morgan fingerprint density at radius 2 is 1.85 bits per heavy atom. The fourth-order valence-corrected chi connectivity index (χ4v) is 5.81. The number of hydrogen-bond acceptors (Lipinski definition) is 3. The predicted molar refractivity (Wildman–Crippen MR) is 128 cm³/mol. The molecule has 2 amide bonds. The SMILES string of the molecule is CCN(C)C(=O)N1CC2(CC2)[C@H](NS(=O)(=O)CC)[C@@H]1Cc1cccc(-c2ccccc2)c1F. The molecule has 2 aromatic rings. The van der Waals surface area contributed by atoms with Gasteiger partial charge in [-0.25, -0.2) is 22.3 Å². The number of sulfonamides is 1. The lowest BCUT2D eigenvalue weighted by Crippen LogP contribution is -2.52. The van der Waals surface area contributed by atoms with E-state index in [1.807, 2.05) is 43.3 Å². The third kappa shape index (κ3) is 4.64. The minimum atomic E-state index is -3.49. The third-order valence-electron chi connectivity index (χ3n) is 7.15. The lowest BCUT2D eigenvalue weighted by Gasteiger charge is -2.32. The first-order valence-electron chi connectivity index (χ1n) is 11.6. The van der Waals surface area contributed by atoms with Crippen LogP contribution in [0.4, 0.5) is 9.18 Å². The molecule has 1 aliphatic carbocycles. The van der Waals surface area contributed by atoms with Crippen molar-refractivity contribution in [2.75, 3.05) is 25.9 Å². The summed E-state index contributed by atoms with van der Waals surface area (Å²) < 4.78 is 43.6. The van der Waals surface area contributed by atoms with Crippen LogP contribution in [0, 0.1) is 11.2 Å². The number of rotatable bonds is 7. The van der Waals surface area contributed by atoms with Gasteiger partial charge in [-0.15, -0.1) is 0 Å². The largest absolute Gasteiger partial charge is 0.328 e. The molecule has 0 unspecified atom stereocenters. The van der Waals surface area contributed by atoms with E-state index in [1.54, 1.807) is 35.9 Å². The lowest BCUT2D eigenvalue weighted by molar-refractivity contribution is 0.156. The van der Waals surface area contributed by atoms with Crippen LogP contribution in [-0.2, 0) is 16.4 Å². The van der Waals surface area contributed by atoms with E-state index >= 15 is 4.39 Å². The Hall–Kier alpha value is -2.45. The number of hydrogen-bond donors (Lipinski definition) is 1. The van der Waals surface area contributed by atoms with Crippen molar-refractivity contribution in [3.63, 3.8) is 0 Å². The van der Waals surface area contributed by atoms with Gasteiger partial charge in [0.05, 0.1) is 11.8 Å². The Balaban J connectivity index is 1.72. The fraction of sp³-hybridized carbons (Fsp3) is 0.480. The van der Waals surface area contributed by atoms with Gasteiger partial charge in [-0.05, 0) is 44.2 Å². The summed E-state index contributed by atoms with van der Waals surface area (Å²) in [4.78, 5) is 16.6. The Labute approximate surface area is 195 Å². The summed E-state index contributed by atoms with van der Waals surface area (Å²) in [6.45, 7) is 4.52. The molecule has 2 aliphatic rings. The maximum atomic E-state index is 15.7. The van der Waals surface area contributed by atoms with Crippen molar-refractivity contribution < 1.29 is 17.6 Å². The van der Waals surface area contributed by atoms with Crippen molar-refractivity contribution in [1.82, 2.24) is 14.5 Å². The molecular formula is C25H32FN3O3S. The van der Waals surface area contributed by atoms with Crippen LogP contribution in [0.3, 0.4) is 0 Å². The molecule has 1 spiro atoms. The van der Waals surface area contributed by atoms with Crippen LogP contribution in [0.25, 0.3) is 11.1 Å². The van der Waals surface area contributed by atoms with Gasteiger partial charge in [0.25, 0.3) is 0 Å². The van der Waals surface area contributed by atoms with Gasteiger partial charge in [-0.3, -0.25) is 0 Å². The van der Waals surface area contributed by atoms with E-state index in [9.17, 15) is 13.2 Å². The zero-order valence-corrected chi connectivity index (χ0v) is 20.2. The van der Waals surface area contributed by atoms with Gasteiger partial charge in [0.15, 0.2) is 0 Å². The number of carbonyl (C=O) groups is 1. The predicted octanol–water partition coefficient (Wildman–Crippen LogP) is 3.88. The summed E-state index contributed by atoms with van der Waals surface area (Å²) in [5.74, 6) is -0.360. The molecule has 1 aliphatic heterocycles. The molecule has 8 heteroatoms. The number of nitrogens with one attached hydrogen (secondary N) is 1. The van der Waals surface area contributed by atoms with Crippen molar-refractivity contribution in [2.24, 2.45) is 5.41 Å². The molecule has 2 fully saturated rings. The summed E-state index contributed by atoms with van der Waals surface area (Å²) in [6.07, 6.45) is 1.95. The second kappa shape index (κ2) is 9.06. The maximum absolute atomic E-state index is 15.7. The number of halogens is 1. The number of benzene rings is 2. The van der Waals surface area contributed by atoms with Gasteiger partial charge in [-0.2, -0.15) is 0 Å². The van der Waals surface area contributed by atoms with Crippen LogP contribution in [0.2, 0.25) is 0 Å². The molecule has 0 bridgehead atoms. The second-order valence-corrected chi connectivity index (χ2v) is 11.2. The van der Waals surface area contributed by atoms with E-state index in [1.165, 1.54) is 0 Å². The molecule has 1 N–H and O–H groups in total. The van der Waals surface area contributed by atoms with Gasteiger partial charge < -0.3 is 9.80 Å². The quantitative estimate of drug-likeness (QED) is 0.664. The third-order valence-corrected chi connectivity index (χ3v) is 8.52. The average Bonchev–Trinajstić information content (AvgIpc) is 3.55. The second-order valence-electron chi connectivity index (χ2n) is 9.20. The van der Waals surface area contributed by atoms with E-state index in [4.69, 9.17) is 0 Å². The van der Waals surface area contributed by atoms with Crippen LogP contribution >= 0.6 is 0 Å². The number of amides is 2. The van der Waals surface area contributed by atoms with Crippen LogP contribution < -0.4 is 4.72 Å². The first kappa shape index (κ1) is 23.7. The highest BCUT2D eigenvalue weighted by Crippen LogP contribution is 2.55. The van der Waals surface area contributed by atoms with E-state index in [0.717, 1.165) is 18.4 Å². The molecule has 1 saturated heterocycles. The van der Waals surface area contributed by atoms with E-state index < -0.39 is 22.1 Å². The number of nitrogens with zero attached hydrogens (tertiary/aromatic N) is 2. The maximum Gasteiger partial charge on any atom is 0.320 e. The summed E-state index contributed by atoms with van der Waals surface area (Å²) in [6, 6.07) is 13.6. The molecule has 1 heterocycles. The summed E-state index contributed by atoms with van der Waals surface area (Å²) >= 11 is 0. The van der Waals surface area contributed by atoms with Crippen LogP contribution in [0.5, 0.6) is 0 Å². The van der Waals surface area contributed by atoms with Gasteiger partial charge in [0.1, 0.15) is 5.82 Å². The highest BCUT2D eigenvalue weighted by Gasteiger charge is 2.61. The molecule has 33 heavy (non-hydrogen) atoms. The highest BCUT2D eigenvalue weighted by atomic mass is 32.2. The molecule has 2 atom stereocenters. The Morgan fingerprint density at radius 1 is 1.15 bits per heavy atom. The normalized spacial score (nSPS) is 21.4. The average molecular weight is 474 g/mol. The summed E-state index contributed by atoms with van der Waals surface area (Å²) in [7, 11) is -1.76. The van der Waals surface area contributed by atoms with Gasteiger partial charge in [0.2, 0.25) is 10.0 Å². The highest BCUT2D eigenvalue weighted by molar-refractivity contribution is 7.89. The molecule has 1 saturated carbocycles. The van der Waals surface area contributed by atoms with Crippen molar-refractivity contribution >= 4 is 16.1 Å². The van der Waals surface area contributed by atoms with Gasteiger partial charge >= 0.3 is 6.03 Å². The van der Waals surface area contributed by atoms with Gasteiger partial charge in [0, 0.05) is 37.2 Å². The Kier molecular flexibility index (Phi) is 6.51. The van der Waals surface area contributed by atoms with E-state index in [0.29, 0.717) is 24.2 Å². The van der Waals surface area contributed by atoms with Gasteiger partial charge in [-0.1, -0.05) is 48.5 Å². The number of urea groups is 1.